The fraction of sp³-hybridized carbons (Fsp3) is 0.500. The summed E-state index contributed by atoms with van der Waals surface area (Å²) in [6.45, 7) is 1.81. The van der Waals surface area contributed by atoms with Gasteiger partial charge in [-0.05, 0) is 18.4 Å². The summed E-state index contributed by atoms with van der Waals surface area (Å²) in [7, 11) is 0. The molecule has 1 rings (SSSR count). The third-order valence-electron chi connectivity index (χ3n) is 2.48. The van der Waals surface area contributed by atoms with Crippen molar-refractivity contribution >= 4 is 5.97 Å². The highest BCUT2D eigenvalue weighted by molar-refractivity contribution is 5.73. The number of azide groups is 1. The fourth-order valence-electron chi connectivity index (χ4n) is 1.43. The van der Waals surface area contributed by atoms with Crippen LogP contribution in [-0.2, 0) is 4.79 Å². The first kappa shape index (κ1) is 12.3. The van der Waals surface area contributed by atoms with Gasteiger partial charge in [-0.1, -0.05) is 35.8 Å². The van der Waals surface area contributed by atoms with E-state index in [2.05, 4.69) is 10.0 Å². The Morgan fingerprint density at radius 3 is 3.00 bits per heavy atom. The second kappa shape index (κ2) is 4.83. The van der Waals surface area contributed by atoms with Crippen LogP contribution in [0.3, 0.4) is 0 Å². The summed E-state index contributed by atoms with van der Waals surface area (Å²) < 4.78 is 0. The van der Waals surface area contributed by atoms with Crippen LogP contribution in [-0.4, -0.2) is 22.7 Å². The third kappa shape index (κ3) is 3.12. The highest BCUT2D eigenvalue weighted by atomic mass is 16.4. The summed E-state index contributed by atoms with van der Waals surface area (Å²) in [6.07, 6.45) is 6.25. The lowest BCUT2D eigenvalue weighted by Crippen LogP contribution is -2.30. The zero-order chi connectivity index (χ0) is 12.2. The second-order valence-corrected chi connectivity index (χ2v) is 4.01. The normalized spacial score (nSPS) is 25.5. The number of aliphatic carboxylic acids is 1. The molecule has 1 aliphatic rings. The van der Waals surface area contributed by atoms with Gasteiger partial charge in [0.25, 0.3) is 0 Å². The predicted octanol–water partition coefficient (Wildman–Crippen LogP) is 1.74. The first-order chi connectivity index (χ1) is 7.47. The van der Waals surface area contributed by atoms with Crippen molar-refractivity contribution in [2.75, 3.05) is 0 Å². The summed E-state index contributed by atoms with van der Waals surface area (Å²) in [4.78, 5) is 13.3. The molecule has 16 heavy (non-hydrogen) atoms. The maximum absolute atomic E-state index is 10.6. The van der Waals surface area contributed by atoms with Crippen molar-refractivity contribution < 1.29 is 9.90 Å². The molecule has 6 nitrogen and oxygen atoms in total. The van der Waals surface area contributed by atoms with Crippen LogP contribution in [0.5, 0.6) is 0 Å². The molecular weight excluding hydrogens is 208 g/mol. The molecule has 0 spiro atoms. The molecule has 2 atom stereocenters. The number of nitrogens with two attached hydrogens (primary N) is 1. The van der Waals surface area contributed by atoms with E-state index in [1.807, 2.05) is 13.0 Å². The van der Waals surface area contributed by atoms with E-state index in [1.165, 1.54) is 0 Å². The van der Waals surface area contributed by atoms with E-state index in [0.29, 0.717) is 6.42 Å². The smallest absolute Gasteiger partial charge is 0.320 e. The van der Waals surface area contributed by atoms with Gasteiger partial charge in [-0.3, -0.25) is 4.79 Å². The number of nitrogens with zero attached hydrogens (tertiary/aromatic N) is 3. The van der Waals surface area contributed by atoms with Gasteiger partial charge in [-0.2, -0.15) is 0 Å². The Morgan fingerprint density at radius 1 is 1.88 bits per heavy atom. The lowest BCUT2D eigenvalue weighted by Gasteiger charge is -2.22. The molecule has 6 heteroatoms. The Labute approximate surface area is 93.1 Å². The molecule has 0 aliphatic heterocycles. The maximum Gasteiger partial charge on any atom is 0.320 e. The van der Waals surface area contributed by atoms with Gasteiger partial charge in [0.1, 0.15) is 6.04 Å². The Balaban J connectivity index is 2.65. The van der Waals surface area contributed by atoms with Gasteiger partial charge in [-0.15, -0.1) is 0 Å². The minimum absolute atomic E-state index is 0.290. The maximum atomic E-state index is 10.6. The molecule has 0 aromatic carbocycles. The Bertz CT molecular complexity index is 396. The summed E-state index contributed by atoms with van der Waals surface area (Å²) in [6, 6.07) is -0.889. The molecule has 86 valence electrons. The van der Waals surface area contributed by atoms with E-state index in [-0.39, 0.29) is 6.42 Å². The molecular formula is C10H14N4O2. The quantitative estimate of drug-likeness (QED) is 0.429. The summed E-state index contributed by atoms with van der Waals surface area (Å²) in [5.74, 6) is -1.02. The van der Waals surface area contributed by atoms with Crippen LogP contribution in [0.1, 0.15) is 19.8 Å². The van der Waals surface area contributed by atoms with Gasteiger partial charge >= 0.3 is 5.97 Å². The van der Waals surface area contributed by atoms with E-state index in [0.717, 1.165) is 5.57 Å². The minimum Gasteiger partial charge on any atom is -0.480 e. The molecule has 1 aliphatic carbocycles. The van der Waals surface area contributed by atoms with Crippen LogP contribution in [0, 0.1) is 0 Å². The molecule has 0 aromatic heterocycles. The van der Waals surface area contributed by atoms with Crippen LogP contribution >= 0.6 is 0 Å². The van der Waals surface area contributed by atoms with Crippen LogP contribution in [0.25, 0.3) is 10.4 Å². The topological polar surface area (TPSA) is 112 Å². The van der Waals surface area contributed by atoms with Crippen molar-refractivity contribution in [2.45, 2.75) is 31.3 Å². The number of carbonyl (C=O) groups is 1. The summed E-state index contributed by atoms with van der Waals surface area (Å²) >= 11 is 0. The third-order valence-corrected chi connectivity index (χ3v) is 2.48. The van der Waals surface area contributed by atoms with E-state index in [4.69, 9.17) is 16.4 Å². The SMILES string of the molecule is CC1(N=[N+]=[N-])C=CC(C[C@H](N)C(=O)O)=CC1. The number of carboxylic acid groups (broad SMARTS) is 1. The predicted molar refractivity (Wildman–Crippen MR) is 59.6 cm³/mol. The number of carboxylic acids is 1. The van der Waals surface area contributed by atoms with Crippen LogP contribution in [0.4, 0.5) is 0 Å². The van der Waals surface area contributed by atoms with Gasteiger partial charge in [0.05, 0.1) is 5.54 Å². The molecule has 0 heterocycles. The van der Waals surface area contributed by atoms with Gasteiger partial charge < -0.3 is 10.8 Å². The van der Waals surface area contributed by atoms with E-state index < -0.39 is 17.6 Å². The molecule has 0 saturated carbocycles. The molecule has 0 amide bonds. The Hall–Kier alpha value is -1.78. The zero-order valence-electron chi connectivity index (χ0n) is 9.00. The van der Waals surface area contributed by atoms with Gasteiger partial charge in [0.15, 0.2) is 0 Å². The summed E-state index contributed by atoms with van der Waals surface area (Å²) in [5, 5.41) is 12.3. The van der Waals surface area contributed by atoms with Crippen molar-refractivity contribution in [1.82, 2.24) is 0 Å². The van der Waals surface area contributed by atoms with Crippen LogP contribution in [0.2, 0.25) is 0 Å². The number of hydrogen-bond acceptors (Lipinski definition) is 3. The van der Waals surface area contributed by atoms with Gasteiger partial charge in [-0.25, -0.2) is 0 Å². The highest BCUT2D eigenvalue weighted by Crippen LogP contribution is 2.26. The van der Waals surface area contributed by atoms with Crippen molar-refractivity contribution in [2.24, 2.45) is 10.8 Å². The second-order valence-electron chi connectivity index (χ2n) is 4.01. The van der Waals surface area contributed by atoms with E-state index in [9.17, 15) is 4.79 Å². The first-order valence-electron chi connectivity index (χ1n) is 4.90. The van der Waals surface area contributed by atoms with Gasteiger partial charge in [0, 0.05) is 4.91 Å². The number of allylic oxidation sites excluding steroid dienone is 1. The average Bonchev–Trinajstić information content (AvgIpc) is 2.22. The monoisotopic (exact) mass is 222 g/mol. The Morgan fingerprint density at radius 2 is 2.56 bits per heavy atom. The number of hydrogen-bond donors (Lipinski definition) is 2. The summed E-state index contributed by atoms with van der Waals surface area (Å²) in [5.41, 5.74) is 14.1. The molecule has 3 N–H and O–H groups in total. The van der Waals surface area contributed by atoms with Crippen molar-refractivity contribution in [1.29, 1.82) is 0 Å². The van der Waals surface area contributed by atoms with Crippen molar-refractivity contribution in [3.05, 3.63) is 34.2 Å². The van der Waals surface area contributed by atoms with Gasteiger partial charge in [0.2, 0.25) is 0 Å². The number of rotatable bonds is 4. The molecule has 0 aromatic rings. The minimum atomic E-state index is -1.02. The van der Waals surface area contributed by atoms with Crippen molar-refractivity contribution in [3.8, 4) is 0 Å². The van der Waals surface area contributed by atoms with E-state index >= 15 is 0 Å². The zero-order valence-corrected chi connectivity index (χ0v) is 9.00. The molecule has 0 fully saturated rings. The molecule has 0 radical (unpaired) electrons. The molecule has 0 saturated heterocycles. The largest absolute Gasteiger partial charge is 0.480 e. The lowest BCUT2D eigenvalue weighted by molar-refractivity contribution is -0.138. The van der Waals surface area contributed by atoms with Crippen LogP contribution in [0.15, 0.2) is 28.9 Å². The molecule has 1 unspecified atom stereocenters. The molecule has 0 bridgehead atoms. The van der Waals surface area contributed by atoms with Crippen LogP contribution < -0.4 is 5.73 Å². The van der Waals surface area contributed by atoms with Crippen molar-refractivity contribution in [3.63, 3.8) is 0 Å². The lowest BCUT2D eigenvalue weighted by atomic mass is 9.89. The van der Waals surface area contributed by atoms with E-state index in [1.54, 1.807) is 12.2 Å². The first-order valence-corrected chi connectivity index (χ1v) is 4.90. The standard InChI is InChI=1S/C10H14N4O2/c1-10(13-14-12)4-2-7(3-5-10)6-8(11)9(15)16/h2-4,8H,5-6,11H2,1H3,(H,15,16)/t8-,10?/m0/s1. The Kier molecular flexibility index (Phi) is 3.71. The highest BCUT2D eigenvalue weighted by Gasteiger charge is 2.22. The fourth-order valence-corrected chi connectivity index (χ4v) is 1.43. The average molecular weight is 222 g/mol.